The molecule has 0 radical (unpaired) electrons. The number of aryl methyl sites for hydroxylation is 1. The first-order chi connectivity index (χ1) is 21.6. The monoisotopic (exact) mass is 673 g/mol. The van der Waals surface area contributed by atoms with Crippen molar-refractivity contribution in [2.24, 2.45) is 16.7 Å². The zero-order valence-electron chi connectivity index (χ0n) is 27.0. The number of hydrogen-bond donors (Lipinski definition) is 3. The lowest BCUT2D eigenvalue weighted by Crippen LogP contribution is -2.58. The van der Waals surface area contributed by atoms with E-state index >= 15 is 0 Å². The SMILES string of the molecule is CC1(C)[C@@H]2CC[C@@]1(CS(=O)(=O)N1CCC3(CCc4ccccc43)CC1)[C@@H](NC(=O)[C@H](CCS(C)(=O)=O)NC(=O)Cc1cnc[nH]1)C2. The number of benzene rings is 1. The quantitative estimate of drug-likeness (QED) is 0.331. The van der Waals surface area contributed by atoms with Gasteiger partial charge in [-0.25, -0.2) is 26.1 Å². The normalized spacial score (nSPS) is 27.4. The summed E-state index contributed by atoms with van der Waals surface area (Å²) < 4.78 is 54.1. The molecule has 11 nitrogen and oxygen atoms in total. The second kappa shape index (κ2) is 12.0. The van der Waals surface area contributed by atoms with Crippen molar-refractivity contribution >= 4 is 31.7 Å². The molecule has 46 heavy (non-hydrogen) atoms. The molecule has 1 spiro atoms. The van der Waals surface area contributed by atoms with Crippen LogP contribution in [0.2, 0.25) is 0 Å². The van der Waals surface area contributed by atoms with E-state index in [0.29, 0.717) is 31.6 Å². The van der Waals surface area contributed by atoms with Gasteiger partial charge in [0.2, 0.25) is 21.8 Å². The van der Waals surface area contributed by atoms with Crippen LogP contribution in [0.15, 0.2) is 36.8 Å². The molecule has 1 saturated heterocycles. The minimum atomic E-state index is -3.65. The Bertz CT molecular complexity index is 1680. The lowest BCUT2D eigenvalue weighted by Gasteiger charge is -2.45. The minimum absolute atomic E-state index is 0.0356. The second-order valence-corrected chi connectivity index (χ2v) is 19.0. The summed E-state index contributed by atoms with van der Waals surface area (Å²) in [7, 11) is -7.05. The maximum absolute atomic E-state index is 14.2. The lowest BCUT2D eigenvalue weighted by atomic mass is 9.69. The van der Waals surface area contributed by atoms with Crippen LogP contribution in [0.3, 0.4) is 0 Å². The van der Waals surface area contributed by atoms with Crippen LogP contribution in [0.1, 0.15) is 75.6 Å². The molecular formula is C33H47N5O6S2. The fourth-order valence-corrected chi connectivity index (χ4v) is 12.1. The van der Waals surface area contributed by atoms with Crippen molar-refractivity contribution in [3.05, 3.63) is 53.6 Å². The van der Waals surface area contributed by atoms with Gasteiger partial charge in [-0.1, -0.05) is 38.1 Å². The lowest BCUT2D eigenvalue weighted by molar-refractivity contribution is -0.129. The number of piperidine rings is 1. The number of aromatic nitrogens is 2. The Balaban J connectivity index is 1.17. The number of sulfonamides is 1. The zero-order chi connectivity index (χ0) is 33.0. The Hall–Kier alpha value is -2.77. The summed E-state index contributed by atoms with van der Waals surface area (Å²) in [6.45, 7) is 5.23. The Kier molecular flexibility index (Phi) is 8.67. The van der Waals surface area contributed by atoms with Crippen LogP contribution >= 0.6 is 0 Å². The Labute approximate surface area is 272 Å². The first-order valence-electron chi connectivity index (χ1n) is 16.5. The number of sulfone groups is 1. The maximum atomic E-state index is 14.2. The molecule has 6 rings (SSSR count). The smallest absolute Gasteiger partial charge is 0.242 e. The first-order valence-corrected chi connectivity index (χ1v) is 20.1. The average molecular weight is 674 g/mol. The minimum Gasteiger partial charge on any atom is -0.351 e. The van der Waals surface area contributed by atoms with Crippen molar-refractivity contribution in [2.45, 2.75) is 89.1 Å². The fourth-order valence-electron chi connectivity index (χ4n) is 9.19. The Morgan fingerprint density at radius 2 is 1.83 bits per heavy atom. The van der Waals surface area contributed by atoms with E-state index in [2.05, 4.69) is 58.7 Å². The average Bonchev–Trinajstić information content (AvgIpc) is 3.73. The van der Waals surface area contributed by atoms with E-state index < -0.39 is 49.2 Å². The van der Waals surface area contributed by atoms with Crippen LogP contribution in [-0.2, 0) is 47.7 Å². The van der Waals surface area contributed by atoms with Gasteiger partial charge < -0.3 is 15.6 Å². The summed E-state index contributed by atoms with van der Waals surface area (Å²) in [5, 5.41) is 5.85. The highest BCUT2D eigenvalue weighted by atomic mass is 32.2. The summed E-state index contributed by atoms with van der Waals surface area (Å²) in [4.78, 5) is 33.4. The predicted octanol–water partition coefficient (Wildman–Crippen LogP) is 2.49. The fraction of sp³-hybridized carbons (Fsp3) is 0.667. The molecule has 2 bridgehead atoms. The largest absolute Gasteiger partial charge is 0.351 e. The van der Waals surface area contributed by atoms with E-state index in [0.717, 1.165) is 38.4 Å². The molecule has 13 heteroatoms. The third kappa shape index (κ3) is 6.14. The number of fused-ring (bicyclic) bond motifs is 4. The van der Waals surface area contributed by atoms with Crippen molar-refractivity contribution in [2.75, 3.05) is 30.9 Å². The zero-order valence-corrected chi connectivity index (χ0v) is 28.7. The second-order valence-electron chi connectivity index (χ2n) is 14.8. The van der Waals surface area contributed by atoms with Gasteiger partial charge in [0, 0.05) is 42.7 Å². The number of rotatable bonds is 11. The van der Waals surface area contributed by atoms with E-state index in [1.54, 1.807) is 4.31 Å². The van der Waals surface area contributed by atoms with Crippen molar-refractivity contribution < 1.29 is 26.4 Å². The number of nitrogens with zero attached hydrogens (tertiary/aromatic N) is 2. The van der Waals surface area contributed by atoms with Gasteiger partial charge in [-0.2, -0.15) is 0 Å². The van der Waals surface area contributed by atoms with E-state index in [4.69, 9.17) is 0 Å². The number of amides is 2. The molecule has 2 heterocycles. The molecule has 2 saturated carbocycles. The molecule has 1 aliphatic heterocycles. The topological polar surface area (TPSA) is 158 Å². The highest BCUT2D eigenvalue weighted by Crippen LogP contribution is 2.66. The third-order valence-electron chi connectivity index (χ3n) is 12.1. The first kappa shape index (κ1) is 33.1. The molecule has 4 aliphatic rings. The molecule has 1 aromatic carbocycles. The van der Waals surface area contributed by atoms with E-state index in [1.165, 1.54) is 23.7 Å². The number of carbonyl (C=O) groups is 2. The molecule has 2 amide bonds. The van der Waals surface area contributed by atoms with Gasteiger partial charge >= 0.3 is 0 Å². The van der Waals surface area contributed by atoms with E-state index in [9.17, 15) is 26.4 Å². The highest BCUT2D eigenvalue weighted by molar-refractivity contribution is 7.90. The summed E-state index contributed by atoms with van der Waals surface area (Å²) in [6, 6.07) is 7.07. The molecule has 252 valence electrons. The summed E-state index contributed by atoms with van der Waals surface area (Å²) in [6.07, 6.45) is 9.89. The van der Waals surface area contributed by atoms with Crippen molar-refractivity contribution in [1.82, 2.24) is 24.9 Å². The van der Waals surface area contributed by atoms with Crippen LogP contribution in [0.25, 0.3) is 0 Å². The van der Waals surface area contributed by atoms with Gasteiger partial charge in [-0.3, -0.25) is 9.59 Å². The van der Waals surface area contributed by atoms with E-state index in [-0.39, 0.29) is 41.1 Å². The van der Waals surface area contributed by atoms with Gasteiger partial charge in [0.1, 0.15) is 15.9 Å². The molecule has 4 atom stereocenters. The molecule has 3 fully saturated rings. The van der Waals surface area contributed by atoms with Crippen LogP contribution in [-0.4, -0.2) is 85.9 Å². The molecule has 3 aliphatic carbocycles. The standard InChI is InChI=1S/C33H47N5O6S2/c1-31(2)24-9-12-33(31,21-46(43,44)38-15-13-32(14-16-38)11-8-23-6-4-5-7-26(23)32)28(18-24)37-30(40)27(10-17-45(3,41)42)36-29(39)19-25-20-34-22-35-25/h4-7,20,22,24,27-28H,8-19,21H2,1-3H3,(H,34,35)(H,36,39)(H,37,40)/t24-,27+,28+,33-/m1/s1. The van der Waals surface area contributed by atoms with Crippen molar-refractivity contribution in [3.8, 4) is 0 Å². The van der Waals surface area contributed by atoms with Gasteiger partial charge in [0.05, 0.1) is 24.3 Å². The molecule has 3 N–H and O–H groups in total. The molecule has 0 unspecified atom stereocenters. The predicted molar refractivity (Wildman–Crippen MR) is 175 cm³/mol. The number of hydrogen-bond acceptors (Lipinski definition) is 7. The summed E-state index contributed by atoms with van der Waals surface area (Å²) >= 11 is 0. The molecule has 1 aromatic heterocycles. The van der Waals surface area contributed by atoms with Gasteiger partial charge in [-0.05, 0) is 79.2 Å². The third-order valence-corrected chi connectivity index (χ3v) is 15.1. The Morgan fingerprint density at radius 3 is 2.50 bits per heavy atom. The summed E-state index contributed by atoms with van der Waals surface area (Å²) in [5.74, 6) is -0.979. The van der Waals surface area contributed by atoms with Crippen LogP contribution < -0.4 is 10.6 Å². The number of nitrogens with one attached hydrogen (secondary N) is 3. The van der Waals surface area contributed by atoms with Crippen LogP contribution in [0.4, 0.5) is 0 Å². The molecule has 2 aromatic rings. The van der Waals surface area contributed by atoms with Crippen LogP contribution in [0, 0.1) is 16.7 Å². The number of imidazole rings is 1. The van der Waals surface area contributed by atoms with Gasteiger partial charge in [0.15, 0.2) is 0 Å². The number of carbonyl (C=O) groups excluding carboxylic acids is 2. The number of aromatic amines is 1. The molecular weight excluding hydrogens is 627 g/mol. The highest BCUT2D eigenvalue weighted by Gasteiger charge is 2.66. The van der Waals surface area contributed by atoms with Crippen molar-refractivity contribution in [1.29, 1.82) is 0 Å². The number of H-pyrrole nitrogens is 1. The van der Waals surface area contributed by atoms with Gasteiger partial charge in [-0.15, -0.1) is 0 Å². The van der Waals surface area contributed by atoms with Gasteiger partial charge in [0.25, 0.3) is 0 Å². The maximum Gasteiger partial charge on any atom is 0.242 e. The Morgan fingerprint density at radius 1 is 1.09 bits per heavy atom. The van der Waals surface area contributed by atoms with E-state index in [1.807, 2.05) is 0 Å². The summed E-state index contributed by atoms with van der Waals surface area (Å²) in [5.41, 5.74) is 2.37. The van der Waals surface area contributed by atoms with Crippen LogP contribution in [0.5, 0.6) is 0 Å². The van der Waals surface area contributed by atoms with Crippen molar-refractivity contribution in [3.63, 3.8) is 0 Å².